The van der Waals surface area contributed by atoms with Gasteiger partial charge in [-0.15, -0.1) is 0 Å². The standard InChI is InChI=1S/C8H5BrINO/c9-4-7-11-6-3-1-2-5(10)8(6)12-7/h1-3H,4H2. The van der Waals surface area contributed by atoms with E-state index in [2.05, 4.69) is 43.5 Å². The normalized spacial score (nSPS) is 10.8. The Hall–Kier alpha value is -0.100. The molecule has 0 spiro atoms. The van der Waals surface area contributed by atoms with Crippen LogP contribution in [0.5, 0.6) is 0 Å². The van der Waals surface area contributed by atoms with Gasteiger partial charge in [0.2, 0.25) is 5.89 Å². The number of benzene rings is 1. The maximum Gasteiger partial charge on any atom is 0.206 e. The largest absolute Gasteiger partial charge is 0.439 e. The van der Waals surface area contributed by atoms with Gasteiger partial charge in [0.25, 0.3) is 0 Å². The van der Waals surface area contributed by atoms with Crippen LogP contribution in [-0.4, -0.2) is 4.98 Å². The molecule has 2 rings (SSSR count). The molecule has 0 radical (unpaired) electrons. The maximum atomic E-state index is 5.48. The van der Waals surface area contributed by atoms with Crippen molar-refractivity contribution in [1.82, 2.24) is 4.98 Å². The van der Waals surface area contributed by atoms with Crippen molar-refractivity contribution in [2.24, 2.45) is 0 Å². The molecule has 62 valence electrons. The summed E-state index contributed by atoms with van der Waals surface area (Å²) in [4.78, 5) is 4.27. The number of nitrogens with zero attached hydrogens (tertiary/aromatic N) is 1. The van der Waals surface area contributed by atoms with Gasteiger partial charge < -0.3 is 4.42 Å². The third kappa shape index (κ3) is 1.37. The van der Waals surface area contributed by atoms with Gasteiger partial charge in [-0.3, -0.25) is 0 Å². The molecule has 0 amide bonds. The fourth-order valence-electron chi connectivity index (χ4n) is 1.02. The van der Waals surface area contributed by atoms with E-state index in [1.54, 1.807) is 0 Å². The van der Waals surface area contributed by atoms with Crippen LogP contribution in [0.15, 0.2) is 22.6 Å². The van der Waals surface area contributed by atoms with Crippen LogP contribution in [0.3, 0.4) is 0 Å². The zero-order chi connectivity index (χ0) is 8.55. The van der Waals surface area contributed by atoms with Crippen molar-refractivity contribution in [2.45, 2.75) is 5.33 Å². The Morgan fingerprint density at radius 1 is 1.50 bits per heavy atom. The first-order chi connectivity index (χ1) is 5.81. The van der Waals surface area contributed by atoms with Crippen LogP contribution in [0.4, 0.5) is 0 Å². The van der Waals surface area contributed by atoms with E-state index in [1.807, 2.05) is 18.2 Å². The molecule has 0 atom stereocenters. The third-order valence-corrected chi connectivity index (χ3v) is 2.85. The third-order valence-electron chi connectivity index (χ3n) is 1.53. The highest BCUT2D eigenvalue weighted by molar-refractivity contribution is 14.1. The topological polar surface area (TPSA) is 26.0 Å². The summed E-state index contributed by atoms with van der Waals surface area (Å²) in [5, 5.41) is 0.664. The molecule has 0 saturated heterocycles. The van der Waals surface area contributed by atoms with Crippen LogP contribution >= 0.6 is 38.5 Å². The lowest BCUT2D eigenvalue weighted by Gasteiger charge is -1.87. The van der Waals surface area contributed by atoms with Crippen LogP contribution in [0, 0.1) is 3.57 Å². The van der Waals surface area contributed by atoms with Crippen molar-refractivity contribution in [2.75, 3.05) is 0 Å². The second kappa shape index (κ2) is 3.33. The minimum atomic E-state index is 0.664. The van der Waals surface area contributed by atoms with Crippen LogP contribution in [0.25, 0.3) is 11.1 Å². The molecule has 2 aromatic rings. The molecule has 0 N–H and O–H groups in total. The molecule has 0 aliphatic rings. The predicted octanol–water partition coefficient (Wildman–Crippen LogP) is 3.33. The second-order valence-electron chi connectivity index (χ2n) is 2.33. The molecular weight excluding hydrogens is 333 g/mol. The van der Waals surface area contributed by atoms with Gasteiger partial charge in [0, 0.05) is 0 Å². The first-order valence-corrected chi connectivity index (χ1v) is 5.61. The van der Waals surface area contributed by atoms with Gasteiger partial charge in [-0.2, -0.15) is 0 Å². The zero-order valence-electron chi connectivity index (χ0n) is 6.05. The summed E-state index contributed by atoms with van der Waals surface area (Å²) in [5.74, 6) is 0.731. The average molecular weight is 338 g/mol. The summed E-state index contributed by atoms with van der Waals surface area (Å²) in [5.41, 5.74) is 1.81. The summed E-state index contributed by atoms with van der Waals surface area (Å²) in [6, 6.07) is 5.93. The van der Waals surface area contributed by atoms with E-state index in [4.69, 9.17) is 4.42 Å². The monoisotopic (exact) mass is 337 g/mol. The molecule has 4 heteroatoms. The first kappa shape index (κ1) is 8.50. The van der Waals surface area contributed by atoms with E-state index >= 15 is 0 Å². The summed E-state index contributed by atoms with van der Waals surface area (Å²) in [6.45, 7) is 0. The molecular formula is C8H5BrINO. The smallest absolute Gasteiger partial charge is 0.206 e. The molecule has 0 unspecified atom stereocenters. The van der Waals surface area contributed by atoms with Gasteiger partial charge in [-0.25, -0.2) is 4.98 Å². The van der Waals surface area contributed by atoms with Crippen molar-refractivity contribution >= 4 is 49.6 Å². The number of oxazole rings is 1. The van der Waals surface area contributed by atoms with E-state index in [0.717, 1.165) is 20.6 Å². The minimum Gasteiger partial charge on any atom is -0.439 e. The Bertz CT molecular complexity index is 412. The fourth-order valence-corrected chi connectivity index (χ4v) is 1.85. The minimum absolute atomic E-state index is 0.664. The van der Waals surface area contributed by atoms with Crippen molar-refractivity contribution in [1.29, 1.82) is 0 Å². The van der Waals surface area contributed by atoms with Gasteiger partial charge >= 0.3 is 0 Å². The van der Waals surface area contributed by atoms with Crippen molar-refractivity contribution in [3.05, 3.63) is 27.7 Å². The molecule has 1 aromatic carbocycles. The summed E-state index contributed by atoms with van der Waals surface area (Å²) in [6.07, 6.45) is 0. The molecule has 0 aliphatic carbocycles. The van der Waals surface area contributed by atoms with Crippen molar-refractivity contribution in [3.8, 4) is 0 Å². The number of hydrogen-bond donors (Lipinski definition) is 0. The lowest BCUT2D eigenvalue weighted by Crippen LogP contribution is -1.72. The lowest BCUT2D eigenvalue weighted by molar-refractivity contribution is 0.556. The Kier molecular flexibility index (Phi) is 2.36. The Labute approximate surface area is 91.6 Å². The van der Waals surface area contributed by atoms with E-state index in [1.165, 1.54) is 0 Å². The summed E-state index contributed by atoms with van der Waals surface area (Å²) in [7, 11) is 0. The van der Waals surface area contributed by atoms with Crippen molar-refractivity contribution < 1.29 is 4.42 Å². The predicted molar refractivity (Wildman–Crippen MR) is 59.4 cm³/mol. The lowest BCUT2D eigenvalue weighted by atomic mass is 10.3. The van der Waals surface area contributed by atoms with E-state index < -0.39 is 0 Å². The molecule has 12 heavy (non-hydrogen) atoms. The summed E-state index contributed by atoms with van der Waals surface area (Å²) >= 11 is 5.54. The molecule has 0 saturated carbocycles. The Balaban J connectivity index is 2.74. The van der Waals surface area contributed by atoms with E-state index in [9.17, 15) is 0 Å². The molecule has 2 nitrogen and oxygen atoms in total. The fraction of sp³-hybridized carbons (Fsp3) is 0.125. The van der Waals surface area contributed by atoms with Crippen molar-refractivity contribution in [3.63, 3.8) is 0 Å². The number of fused-ring (bicyclic) bond motifs is 1. The molecule has 0 fully saturated rings. The molecule has 0 bridgehead atoms. The summed E-state index contributed by atoms with van der Waals surface area (Å²) < 4.78 is 6.58. The zero-order valence-corrected chi connectivity index (χ0v) is 9.79. The highest BCUT2D eigenvalue weighted by Gasteiger charge is 2.05. The van der Waals surface area contributed by atoms with Gasteiger partial charge in [0.05, 0.1) is 8.90 Å². The van der Waals surface area contributed by atoms with E-state index in [0.29, 0.717) is 5.33 Å². The van der Waals surface area contributed by atoms with Crippen LogP contribution in [0.2, 0.25) is 0 Å². The molecule has 1 heterocycles. The first-order valence-electron chi connectivity index (χ1n) is 3.41. The number of alkyl halides is 1. The quantitative estimate of drug-likeness (QED) is 0.589. The highest BCUT2D eigenvalue weighted by Crippen LogP contribution is 2.22. The van der Waals surface area contributed by atoms with E-state index in [-0.39, 0.29) is 0 Å². The molecule has 1 aromatic heterocycles. The maximum absolute atomic E-state index is 5.48. The van der Waals surface area contributed by atoms with Crippen LogP contribution in [-0.2, 0) is 5.33 Å². The highest BCUT2D eigenvalue weighted by atomic mass is 127. The number of aromatic nitrogens is 1. The molecule has 0 aliphatic heterocycles. The number of para-hydroxylation sites is 1. The SMILES string of the molecule is BrCc1nc2cccc(I)c2o1. The van der Waals surface area contributed by atoms with Crippen LogP contribution < -0.4 is 0 Å². The number of hydrogen-bond acceptors (Lipinski definition) is 2. The van der Waals surface area contributed by atoms with Gasteiger partial charge in [0.15, 0.2) is 5.58 Å². The van der Waals surface area contributed by atoms with Gasteiger partial charge in [0.1, 0.15) is 5.52 Å². The van der Waals surface area contributed by atoms with Crippen LogP contribution in [0.1, 0.15) is 5.89 Å². The number of halogens is 2. The van der Waals surface area contributed by atoms with Gasteiger partial charge in [-0.1, -0.05) is 22.0 Å². The number of rotatable bonds is 1. The Morgan fingerprint density at radius 3 is 3.00 bits per heavy atom. The van der Waals surface area contributed by atoms with Gasteiger partial charge in [-0.05, 0) is 34.7 Å². The Morgan fingerprint density at radius 2 is 2.33 bits per heavy atom. The second-order valence-corrected chi connectivity index (χ2v) is 4.05. The average Bonchev–Trinajstić information content (AvgIpc) is 2.49.